The highest BCUT2D eigenvalue weighted by Crippen LogP contribution is 2.45. The van der Waals surface area contributed by atoms with E-state index < -0.39 is 29.0 Å². The molecule has 0 saturated carbocycles. The second-order valence-corrected chi connectivity index (χ2v) is 6.81. The largest absolute Gasteiger partial charge is 0.507 e. The number of phenols is 2. The van der Waals surface area contributed by atoms with Crippen molar-refractivity contribution in [2.75, 3.05) is 11.5 Å². The Morgan fingerprint density at radius 2 is 1.39 bits per heavy atom. The summed E-state index contributed by atoms with van der Waals surface area (Å²) >= 11 is 0. The van der Waals surface area contributed by atoms with E-state index in [4.69, 9.17) is 20.9 Å². The summed E-state index contributed by atoms with van der Waals surface area (Å²) in [5.41, 5.74) is 10.6. The number of fused-ring (bicyclic) bond motifs is 2. The highest BCUT2D eigenvalue weighted by Gasteiger charge is 2.38. The number of phenolic OH excluding ortho intramolecular Hbond substituents is 2. The van der Waals surface area contributed by atoms with Crippen LogP contribution in [0.5, 0.6) is 28.7 Å². The van der Waals surface area contributed by atoms with Gasteiger partial charge in [-0.15, -0.1) is 0 Å². The summed E-state index contributed by atoms with van der Waals surface area (Å²) in [7, 11) is 0. The summed E-state index contributed by atoms with van der Waals surface area (Å²) in [6, 6.07) is 9.60. The number of nitrogens with two attached hydrogens (primary N) is 2. The quantitative estimate of drug-likeness (QED) is 0.169. The molecule has 0 aliphatic heterocycles. The molecule has 31 heavy (non-hydrogen) atoms. The van der Waals surface area contributed by atoms with Gasteiger partial charge in [0.25, 0.3) is 0 Å². The minimum atomic E-state index is -0.766. The monoisotopic (exact) mass is 420 g/mol. The number of anilines is 2. The van der Waals surface area contributed by atoms with Crippen molar-refractivity contribution in [2.24, 2.45) is 0 Å². The van der Waals surface area contributed by atoms with Gasteiger partial charge in [0.1, 0.15) is 17.2 Å². The first kappa shape index (κ1) is 19.8. The highest BCUT2D eigenvalue weighted by atomic mass is 16.5. The first-order chi connectivity index (χ1) is 14.7. The van der Waals surface area contributed by atoms with Crippen molar-refractivity contribution in [3.63, 3.8) is 0 Å². The number of hydrogen-bond donors (Lipinski definition) is 4. The second kappa shape index (κ2) is 7.06. The second-order valence-electron chi connectivity index (χ2n) is 6.81. The van der Waals surface area contributed by atoms with Crippen LogP contribution in [0.2, 0.25) is 0 Å². The van der Waals surface area contributed by atoms with E-state index in [1.807, 2.05) is 0 Å². The van der Waals surface area contributed by atoms with Gasteiger partial charge >= 0.3 is 5.97 Å². The summed E-state index contributed by atoms with van der Waals surface area (Å²) < 4.78 is 10.6. The Hall–Kier alpha value is -4.53. The van der Waals surface area contributed by atoms with Gasteiger partial charge < -0.3 is 31.2 Å². The molecular weight excluding hydrogens is 404 g/mol. The zero-order valence-electron chi connectivity index (χ0n) is 16.1. The van der Waals surface area contributed by atoms with Crippen molar-refractivity contribution in [2.45, 2.75) is 6.92 Å². The normalized spacial score (nSPS) is 12.2. The number of esters is 1. The van der Waals surface area contributed by atoms with Gasteiger partial charge in [-0.1, -0.05) is 0 Å². The van der Waals surface area contributed by atoms with Crippen LogP contribution in [0.15, 0.2) is 42.5 Å². The zero-order chi connectivity index (χ0) is 22.4. The van der Waals surface area contributed by atoms with Crippen molar-refractivity contribution in [1.29, 1.82) is 0 Å². The van der Waals surface area contributed by atoms with Gasteiger partial charge in [-0.25, -0.2) is 0 Å². The fourth-order valence-corrected chi connectivity index (χ4v) is 3.41. The smallest absolute Gasteiger partial charge is 0.308 e. The van der Waals surface area contributed by atoms with Crippen LogP contribution >= 0.6 is 0 Å². The van der Waals surface area contributed by atoms with Gasteiger partial charge in [-0.2, -0.15) is 0 Å². The maximum absolute atomic E-state index is 13.1. The summed E-state index contributed by atoms with van der Waals surface area (Å²) in [5.74, 6) is -2.63. The molecule has 3 aromatic carbocycles. The van der Waals surface area contributed by atoms with E-state index in [0.717, 1.165) is 0 Å². The minimum absolute atomic E-state index is 0.0258. The molecule has 0 unspecified atom stereocenters. The first-order valence-corrected chi connectivity index (χ1v) is 9.01. The Morgan fingerprint density at radius 3 is 2.03 bits per heavy atom. The number of rotatable bonds is 3. The number of ketones is 2. The van der Waals surface area contributed by atoms with Crippen LogP contribution in [0.1, 0.15) is 38.8 Å². The molecule has 0 radical (unpaired) electrons. The lowest BCUT2D eigenvalue weighted by molar-refractivity contribution is -0.131. The lowest BCUT2D eigenvalue weighted by Gasteiger charge is -2.23. The molecule has 0 bridgehead atoms. The maximum atomic E-state index is 13.1. The SMILES string of the molecule is CC(=O)Oc1ccc(Oc2cc(N)c3c(c2O)C(=O)c2c(N)ccc(O)c2C3=O)cc1. The molecular formula is C22H16N2O7. The zero-order valence-corrected chi connectivity index (χ0v) is 16.1. The van der Waals surface area contributed by atoms with Crippen LogP contribution < -0.4 is 20.9 Å². The lowest BCUT2D eigenvalue weighted by atomic mass is 9.81. The molecule has 4 rings (SSSR count). The Morgan fingerprint density at radius 1 is 0.806 bits per heavy atom. The van der Waals surface area contributed by atoms with E-state index in [-0.39, 0.29) is 45.1 Å². The molecule has 0 fully saturated rings. The third-order valence-corrected chi connectivity index (χ3v) is 4.73. The van der Waals surface area contributed by atoms with Crippen LogP contribution in [-0.4, -0.2) is 27.7 Å². The molecule has 0 heterocycles. The van der Waals surface area contributed by atoms with Gasteiger partial charge in [0.2, 0.25) is 11.6 Å². The molecule has 6 N–H and O–H groups in total. The van der Waals surface area contributed by atoms with Crippen LogP contribution in [0.3, 0.4) is 0 Å². The molecule has 0 amide bonds. The van der Waals surface area contributed by atoms with E-state index in [2.05, 4.69) is 0 Å². The van der Waals surface area contributed by atoms with Crippen LogP contribution in [0.4, 0.5) is 11.4 Å². The van der Waals surface area contributed by atoms with Crippen molar-refractivity contribution in [1.82, 2.24) is 0 Å². The number of hydrogen-bond acceptors (Lipinski definition) is 9. The standard InChI is InChI=1S/C22H16N2O7/c1-9(25)30-10-2-4-11(5-3-10)31-15-8-13(24)17-19(20(15)27)22(29)16-12(23)6-7-14(26)18(16)21(17)28/h2-8,26-27H,23-24H2,1H3. The van der Waals surface area contributed by atoms with Gasteiger partial charge in [0, 0.05) is 24.4 Å². The van der Waals surface area contributed by atoms with Gasteiger partial charge in [0.15, 0.2) is 11.5 Å². The molecule has 9 nitrogen and oxygen atoms in total. The summed E-state index contributed by atoms with van der Waals surface area (Å²) in [6.45, 7) is 1.27. The third kappa shape index (κ3) is 3.18. The topological polar surface area (TPSA) is 162 Å². The molecule has 0 saturated heterocycles. The lowest BCUT2D eigenvalue weighted by Crippen LogP contribution is -2.24. The number of aromatic hydroxyl groups is 2. The van der Waals surface area contributed by atoms with E-state index >= 15 is 0 Å². The Bertz CT molecular complexity index is 1280. The molecule has 156 valence electrons. The molecule has 0 atom stereocenters. The average Bonchev–Trinajstić information content (AvgIpc) is 2.71. The summed E-state index contributed by atoms with van der Waals surface area (Å²) in [5, 5.41) is 20.8. The predicted molar refractivity (Wildman–Crippen MR) is 110 cm³/mol. The van der Waals surface area contributed by atoms with Crippen LogP contribution in [-0.2, 0) is 4.79 Å². The van der Waals surface area contributed by atoms with E-state index in [0.29, 0.717) is 5.75 Å². The number of nitrogen functional groups attached to an aromatic ring is 2. The predicted octanol–water partition coefficient (Wildman–Crippen LogP) is 2.76. The van der Waals surface area contributed by atoms with Crippen LogP contribution in [0, 0.1) is 0 Å². The van der Waals surface area contributed by atoms with Gasteiger partial charge in [-0.05, 0) is 36.4 Å². The molecule has 1 aliphatic carbocycles. The molecule has 0 aromatic heterocycles. The Labute approximate surface area is 175 Å². The number of benzene rings is 3. The average molecular weight is 420 g/mol. The van der Waals surface area contributed by atoms with Crippen LogP contribution in [0.25, 0.3) is 0 Å². The summed E-state index contributed by atoms with van der Waals surface area (Å²) in [4.78, 5) is 37.1. The highest BCUT2D eigenvalue weighted by molar-refractivity contribution is 6.33. The fourth-order valence-electron chi connectivity index (χ4n) is 3.41. The van der Waals surface area contributed by atoms with Gasteiger partial charge in [0.05, 0.1) is 22.3 Å². The van der Waals surface area contributed by atoms with E-state index in [1.165, 1.54) is 49.4 Å². The number of carbonyl (C=O) groups excluding carboxylic acids is 3. The maximum Gasteiger partial charge on any atom is 0.308 e. The van der Waals surface area contributed by atoms with Crippen molar-refractivity contribution in [3.8, 4) is 28.7 Å². The Balaban J connectivity index is 1.79. The summed E-state index contributed by atoms with van der Waals surface area (Å²) in [6.07, 6.45) is 0. The Kier molecular flexibility index (Phi) is 4.50. The van der Waals surface area contributed by atoms with Gasteiger partial charge in [-0.3, -0.25) is 14.4 Å². The number of ether oxygens (including phenoxy) is 2. The third-order valence-electron chi connectivity index (χ3n) is 4.73. The van der Waals surface area contributed by atoms with Crippen molar-refractivity contribution < 1.29 is 34.1 Å². The van der Waals surface area contributed by atoms with E-state index in [9.17, 15) is 24.6 Å². The van der Waals surface area contributed by atoms with Crippen molar-refractivity contribution in [3.05, 3.63) is 64.7 Å². The van der Waals surface area contributed by atoms with E-state index in [1.54, 1.807) is 0 Å². The fraction of sp³-hybridized carbons (Fsp3) is 0.0455. The molecule has 9 heteroatoms. The molecule has 0 spiro atoms. The number of carbonyl (C=O) groups is 3. The van der Waals surface area contributed by atoms with Crippen molar-refractivity contribution >= 4 is 28.9 Å². The molecule has 3 aromatic rings. The minimum Gasteiger partial charge on any atom is -0.507 e. The first-order valence-electron chi connectivity index (χ1n) is 9.01. The molecule has 1 aliphatic rings.